The first kappa shape index (κ1) is 18.8. The van der Waals surface area contributed by atoms with Crippen LogP contribution in [-0.2, 0) is 4.74 Å². The summed E-state index contributed by atoms with van der Waals surface area (Å²) in [5.74, 6) is 1.61. The molecule has 2 aromatic rings. The van der Waals surface area contributed by atoms with Gasteiger partial charge in [0, 0.05) is 38.7 Å². The normalized spacial score (nSPS) is 22.9. The summed E-state index contributed by atoms with van der Waals surface area (Å²) in [5.41, 5.74) is 3.56. The van der Waals surface area contributed by atoms with Crippen LogP contribution in [0.2, 0.25) is 0 Å². The number of ether oxygens (including phenoxy) is 1. The Morgan fingerprint density at radius 1 is 0.964 bits per heavy atom. The minimum absolute atomic E-state index is 0.179. The highest BCUT2D eigenvalue weighted by molar-refractivity contribution is 5.56. The van der Waals surface area contributed by atoms with E-state index in [0.717, 1.165) is 37.6 Å². The van der Waals surface area contributed by atoms with Crippen molar-refractivity contribution >= 4 is 11.4 Å². The highest BCUT2D eigenvalue weighted by Gasteiger charge is 2.29. The van der Waals surface area contributed by atoms with Crippen molar-refractivity contribution in [2.45, 2.75) is 25.0 Å². The van der Waals surface area contributed by atoms with E-state index in [9.17, 15) is 0 Å². The van der Waals surface area contributed by atoms with Crippen LogP contribution in [0.25, 0.3) is 0 Å². The molecule has 148 valence electrons. The molecule has 2 aliphatic rings. The molecule has 1 fully saturated rings. The van der Waals surface area contributed by atoms with Gasteiger partial charge < -0.3 is 20.3 Å². The summed E-state index contributed by atoms with van der Waals surface area (Å²) in [4.78, 5) is 2.11. The highest BCUT2D eigenvalue weighted by atomic mass is 16.5. The van der Waals surface area contributed by atoms with Gasteiger partial charge in [0.25, 0.3) is 0 Å². The van der Waals surface area contributed by atoms with E-state index >= 15 is 0 Å². The third-order valence-electron chi connectivity index (χ3n) is 5.56. The van der Waals surface area contributed by atoms with Crippen molar-refractivity contribution in [3.8, 4) is 0 Å². The van der Waals surface area contributed by atoms with Crippen molar-refractivity contribution in [2.24, 2.45) is 5.92 Å². The molecule has 2 aliphatic heterocycles. The fourth-order valence-corrected chi connectivity index (χ4v) is 3.90. The molecular formula is C23H30N4O. The quantitative estimate of drug-likeness (QED) is 0.741. The molecule has 0 amide bonds. The monoisotopic (exact) mass is 378 g/mol. The number of benzene rings is 2. The van der Waals surface area contributed by atoms with E-state index in [1.54, 1.807) is 0 Å². The Balaban J connectivity index is 1.55. The lowest BCUT2D eigenvalue weighted by Crippen LogP contribution is -2.53. The third-order valence-corrected chi connectivity index (χ3v) is 5.56. The summed E-state index contributed by atoms with van der Waals surface area (Å²) in [7, 11) is 4.12. The van der Waals surface area contributed by atoms with Crippen LogP contribution in [0.5, 0.6) is 0 Å². The van der Waals surface area contributed by atoms with Gasteiger partial charge in [0.1, 0.15) is 5.82 Å². The summed E-state index contributed by atoms with van der Waals surface area (Å²) in [6.07, 6.45) is 4.63. The van der Waals surface area contributed by atoms with E-state index in [1.165, 1.54) is 11.3 Å². The Morgan fingerprint density at radius 3 is 2.36 bits per heavy atom. The molecular weight excluding hydrogens is 348 g/mol. The van der Waals surface area contributed by atoms with E-state index in [4.69, 9.17) is 4.74 Å². The van der Waals surface area contributed by atoms with Crippen LogP contribution in [0.1, 0.15) is 24.4 Å². The molecule has 2 unspecified atom stereocenters. The van der Waals surface area contributed by atoms with Gasteiger partial charge in [-0.1, -0.05) is 30.3 Å². The Labute approximate surface area is 167 Å². The molecule has 5 nitrogen and oxygen atoms in total. The minimum Gasteiger partial charge on any atom is -0.381 e. The van der Waals surface area contributed by atoms with Gasteiger partial charge >= 0.3 is 0 Å². The van der Waals surface area contributed by atoms with E-state index in [2.05, 4.69) is 95.6 Å². The van der Waals surface area contributed by atoms with Crippen LogP contribution in [0, 0.1) is 5.92 Å². The minimum atomic E-state index is 0.179. The highest BCUT2D eigenvalue weighted by Crippen LogP contribution is 2.27. The molecule has 2 aromatic carbocycles. The predicted octanol–water partition coefficient (Wildman–Crippen LogP) is 3.69. The van der Waals surface area contributed by atoms with E-state index in [-0.39, 0.29) is 12.2 Å². The molecule has 0 aromatic heterocycles. The number of nitrogens with zero attached hydrogens (tertiary/aromatic N) is 1. The topological polar surface area (TPSA) is 48.6 Å². The summed E-state index contributed by atoms with van der Waals surface area (Å²) in [6.45, 7) is 1.69. The first-order valence-electron chi connectivity index (χ1n) is 10.1. The first-order valence-corrected chi connectivity index (χ1v) is 10.1. The van der Waals surface area contributed by atoms with Gasteiger partial charge in [-0.05, 0) is 54.7 Å². The smallest absolute Gasteiger partial charge is 0.102 e. The Bertz CT molecular complexity index is 782. The zero-order valence-corrected chi connectivity index (χ0v) is 16.7. The molecule has 0 saturated carbocycles. The van der Waals surface area contributed by atoms with Crippen molar-refractivity contribution in [3.05, 3.63) is 72.1 Å². The lowest BCUT2D eigenvalue weighted by atomic mass is 9.93. The molecule has 28 heavy (non-hydrogen) atoms. The van der Waals surface area contributed by atoms with Crippen molar-refractivity contribution in [1.82, 2.24) is 10.6 Å². The van der Waals surface area contributed by atoms with Gasteiger partial charge in [-0.15, -0.1) is 0 Å². The fourth-order valence-electron chi connectivity index (χ4n) is 3.90. The van der Waals surface area contributed by atoms with Gasteiger partial charge in [-0.2, -0.15) is 0 Å². The average Bonchev–Trinajstić information content (AvgIpc) is 2.75. The Morgan fingerprint density at radius 2 is 1.68 bits per heavy atom. The van der Waals surface area contributed by atoms with Crippen LogP contribution in [0.15, 0.2) is 66.5 Å². The van der Waals surface area contributed by atoms with Crippen molar-refractivity contribution in [3.63, 3.8) is 0 Å². The summed E-state index contributed by atoms with van der Waals surface area (Å²) >= 11 is 0. The fraction of sp³-hybridized carbons (Fsp3) is 0.391. The molecule has 0 aliphatic carbocycles. The molecule has 3 N–H and O–H groups in total. The summed E-state index contributed by atoms with van der Waals surface area (Å²) < 4.78 is 5.57. The molecule has 4 rings (SSSR count). The summed E-state index contributed by atoms with van der Waals surface area (Å²) in [5, 5.41) is 11.0. The number of hydrogen-bond acceptors (Lipinski definition) is 5. The second-order valence-electron chi connectivity index (χ2n) is 7.77. The van der Waals surface area contributed by atoms with Crippen molar-refractivity contribution in [2.75, 3.05) is 37.5 Å². The van der Waals surface area contributed by atoms with Crippen LogP contribution < -0.4 is 20.9 Å². The molecule has 0 spiro atoms. The number of anilines is 2. The van der Waals surface area contributed by atoms with Gasteiger partial charge in [-0.25, -0.2) is 0 Å². The zero-order chi connectivity index (χ0) is 19.3. The van der Waals surface area contributed by atoms with Gasteiger partial charge in [0.05, 0.1) is 12.2 Å². The van der Waals surface area contributed by atoms with Crippen molar-refractivity contribution in [1.29, 1.82) is 0 Å². The van der Waals surface area contributed by atoms with Gasteiger partial charge in [-0.3, -0.25) is 5.32 Å². The van der Waals surface area contributed by atoms with E-state index in [1.807, 2.05) is 0 Å². The maximum absolute atomic E-state index is 5.57. The third kappa shape index (κ3) is 4.49. The molecule has 0 radical (unpaired) electrons. The molecule has 0 bridgehead atoms. The maximum Gasteiger partial charge on any atom is 0.102 e. The number of rotatable bonds is 5. The Hall–Kier alpha value is -2.50. The molecule has 2 heterocycles. The Kier molecular flexibility index (Phi) is 5.84. The van der Waals surface area contributed by atoms with E-state index < -0.39 is 0 Å². The first-order chi connectivity index (χ1) is 13.7. The lowest BCUT2D eigenvalue weighted by molar-refractivity contribution is 0.0481. The van der Waals surface area contributed by atoms with Gasteiger partial charge in [0.15, 0.2) is 0 Å². The molecule has 2 atom stereocenters. The molecule has 5 heteroatoms. The van der Waals surface area contributed by atoms with Crippen LogP contribution in [-0.4, -0.2) is 33.5 Å². The lowest BCUT2D eigenvalue weighted by Gasteiger charge is -2.38. The molecule has 1 saturated heterocycles. The maximum atomic E-state index is 5.57. The summed E-state index contributed by atoms with van der Waals surface area (Å²) in [6, 6.07) is 19.3. The number of hydrogen-bond donors (Lipinski definition) is 3. The largest absolute Gasteiger partial charge is 0.381 e. The SMILES string of the molecule is CN(C)c1ccc(NC2=CC(c3ccccc3)NC(C3CCOCC3)N2)cc1. The van der Waals surface area contributed by atoms with E-state index in [0.29, 0.717) is 5.92 Å². The predicted molar refractivity (Wildman–Crippen MR) is 115 cm³/mol. The van der Waals surface area contributed by atoms with Crippen LogP contribution in [0.4, 0.5) is 11.4 Å². The van der Waals surface area contributed by atoms with Gasteiger partial charge in [0.2, 0.25) is 0 Å². The van der Waals surface area contributed by atoms with Crippen LogP contribution >= 0.6 is 0 Å². The second-order valence-corrected chi connectivity index (χ2v) is 7.77. The number of nitrogens with one attached hydrogen (secondary N) is 3. The van der Waals surface area contributed by atoms with Crippen molar-refractivity contribution < 1.29 is 4.74 Å². The average molecular weight is 379 g/mol. The van der Waals surface area contributed by atoms with Crippen LogP contribution in [0.3, 0.4) is 0 Å². The second kappa shape index (κ2) is 8.67. The zero-order valence-electron chi connectivity index (χ0n) is 16.7. The standard InChI is InChI=1S/C23H30N4O/c1-27(2)20-10-8-19(9-11-20)24-22-16-21(17-6-4-3-5-7-17)25-23(26-22)18-12-14-28-15-13-18/h3-11,16,18,21,23-26H,12-15H2,1-2H3.